The molecule has 0 aromatic heterocycles. The van der Waals surface area contributed by atoms with E-state index in [2.05, 4.69) is 31.4 Å². The van der Waals surface area contributed by atoms with Gasteiger partial charge >= 0.3 is 6.03 Å². The Bertz CT molecular complexity index is 573. The van der Waals surface area contributed by atoms with Crippen molar-refractivity contribution >= 4 is 17.8 Å². The molecule has 0 bridgehead atoms. The van der Waals surface area contributed by atoms with Crippen LogP contribution in [-0.4, -0.2) is 40.9 Å². The third-order valence-corrected chi connectivity index (χ3v) is 7.12. The number of amides is 4. The molecule has 1 saturated heterocycles. The summed E-state index contributed by atoms with van der Waals surface area (Å²) in [5.74, 6) is 0.137. The van der Waals surface area contributed by atoms with E-state index in [1.54, 1.807) is 0 Å². The van der Waals surface area contributed by atoms with Crippen molar-refractivity contribution in [2.45, 2.75) is 90.1 Å². The predicted octanol–water partition coefficient (Wildman–Crippen LogP) is 2.96. The van der Waals surface area contributed by atoms with Crippen LogP contribution in [-0.2, 0) is 9.59 Å². The first-order valence-electron chi connectivity index (χ1n) is 10.2. The number of urea groups is 1. The van der Waals surface area contributed by atoms with Gasteiger partial charge in [-0.3, -0.25) is 14.5 Å². The van der Waals surface area contributed by atoms with Crippen molar-refractivity contribution < 1.29 is 14.4 Å². The predicted molar refractivity (Wildman–Crippen MR) is 99.4 cm³/mol. The maximum absolute atomic E-state index is 13.0. The molecule has 6 nitrogen and oxygen atoms in total. The highest BCUT2D eigenvalue weighted by Gasteiger charge is 2.53. The molecule has 3 fully saturated rings. The smallest absolute Gasteiger partial charge is 0.325 e. The minimum Gasteiger partial charge on any atom is -0.352 e. The number of carbonyl (C=O) groups is 3. The minimum absolute atomic E-state index is 0.160. The Morgan fingerprint density at radius 2 is 1.81 bits per heavy atom. The fraction of sp³-hybridized carbons (Fsp3) is 0.850. The van der Waals surface area contributed by atoms with Gasteiger partial charge < -0.3 is 10.6 Å². The fourth-order valence-electron chi connectivity index (χ4n) is 4.83. The van der Waals surface area contributed by atoms with E-state index in [0.717, 1.165) is 49.8 Å². The summed E-state index contributed by atoms with van der Waals surface area (Å²) in [7, 11) is 0. The first-order chi connectivity index (χ1) is 12.3. The van der Waals surface area contributed by atoms with E-state index in [4.69, 9.17) is 0 Å². The largest absolute Gasteiger partial charge is 0.352 e. The quantitative estimate of drug-likeness (QED) is 0.737. The van der Waals surface area contributed by atoms with E-state index in [1.165, 1.54) is 0 Å². The van der Waals surface area contributed by atoms with Gasteiger partial charge in [0.15, 0.2) is 0 Å². The summed E-state index contributed by atoms with van der Waals surface area (Å²) < 4.78 is 0. The van der Waals surface area contributed by atoms with Crippen LogP contribution in [0, 0.1) is 11.3 Å². The summed E-state index contributed by atoms with van der Waals surface area (Å²) in [6.45, 7) is 6.61. The summed E-state index contributed by atoms with van der Waals surface area (Å²) in [5, 5.41) is 5.88. The molecule has 146 valence electrons. The SMILES string of the molecule is CCC(C)(C)C1CCC2(CC1)NC(=O)N(CC(=O)NC1CCCC1)C2=O. The zero-order chi connectivity index (χ0) is 18.9. The normalized spacial score (nSPS) is 30.1. The summed E-state index contributed by atoms with van der Waals surface area (Å²) in [6.07, 6.45) is 8.58. The van der Waals surface area contributed by atoms with Crippen molar-refractivity contribution in [2.24, 2.45) is 11.3 Å². The van der Waals surface area contributed by atoms with Gasteiger partial charge in [-0.05, 0) is 49.9 Å². The second kappa shape index (κ2) is 7.20. The third kappa shape index (κ3) is 3.60. The third-order valence-electron chi connectivity index (χ3n) is 7.12. The molecule has 2 aliphatic carbocycles. The Kier molecular flexibility index (Phi) is 5.31. The van der Waals surface area contributed by atoms with E-state index in [0.29, 0.717) is 18.8 Å². The standard InChI is InChI=1S/C20H33N3O3/c1-4-19(2,3)14-9-11-20(12-10-14)17(25)23(18(26)22-20)13-16(24)21-15-7-5-6-8-15/h14-15H,4-13H2,1-3H3,(H,21,24)(H,22,26). The molecule has 1 spiro atoms. The summed E-state index contributed by atoms with van der Waals surface area (Å²) in [6, 6.07) is -0.214. The van der Waals surface area contributed by atoms with Gasteiger partial charge in [-0.2, -0.15) is 0 Å². The summed E-state index contributed by atoms with van der Waals surface area (Å²) in [5.41, 5.74) is -0.529. The molecule has 26 heavy (non-hydrogen) atoms. The molecule has 0 radical (unpaired) electrons. The molecule has 0 aromatic carbocycles. The number of hydrogen-bond donors (Lipinski definition) is 2. The van der Waals surface area contributed by atoms with Gasteiger partial charge in [-0.15, -0.1) is 0 Å². The van der Waals surface area contributed by atoms with Gasteiger partial charge in [0.25, 0.3) is 5.91 Å². The first kappa shape index (κ1) is 19.2. The Morgan fingerprint density at radius 1 is 1.19 bits per heavy atom. The van der Waals surface area contributed by atoms with Crippen molar-refractivity contribution in [3.05, 3.63) is 0 Å². The molecular weight excluding hydrogens is 330 g/mol. The Balaban J connectivity index is 1.59. The highest BCUT2D eigenvalue weighted by atomic mass is 16.2. The van der Waals surface area contributed by atoms with E-state index in [-0.39, 0.29) is 29.8 Å². The van der Waals surface area contributed by atoms with Crippen LogP contribution in [0.2, 0.25) is 0 Å². The summed E-state index contributed by atoms with van der Waals surface area (Å²) >= 11 is 0. The minimum atomic E-state index is -0.787. The molecule has 0 atom stereocenters. The van der Waals surface area contributed by atoms with Gasteiger partial charge in [0.2, 0.25) is 5.91 Å². The lowest BCUT2D eigenvalue weighted by Crippen LogP contribution is -2.51. The number of rotatable bonds is 5. The highest BCUT2D eigenvalue weighted by molar-refractivity contribution is 6.09. The van der Waals surface area contributed by atoms with Crippen LogP contribution in [0.5, 0.6) is 0 Å². The number of imide groups is 1. The molecule has 2 saturated carbocycles. The average Bonchev–Trinajstić information content (AvgIpc) is 3.18. The zero-order valence-electron chi connectivity index (χ0n) is 16.4. The van der Waals surface area contributed by atoms with Crippen molar-refractivity contribution in [3.8, 4) is 0 Å². The molecule has 3 rings (SSSR count). The van der Waals surface area contributed by atoms with Gasteiger partial charge in [0.05, 0.1) is 0 Å². The van der Waals surface area contributed by atoms with Gasteiger partial charge in [0, 0.05) is 6.04 Å². The molecule has 3 aliphatic rings. The van der Waals surface area contributed by atoms with E-state index in [9.17, 15) is 14.4 Å². The lowest BCUT2D eigenvalue weighted by molar-refractivity contribution is -0.136. The molecule has 6 heteroatoms. The lowest BCUT2D eigenvalue weighted by Gasteiger charge is -2.42. The molecular formula is C20H33N3O3. The first-order valence-corrected chi connectivity index (χ1v) is 10.2. The Hall–Kier alpha value is -1.59. The van der Waals surface area contributed by atoms with E-state index < -0.39 is 11.6 Å². The van der Waals surface area contributed by atoms with Crippen molar-refractivity contribution in [1.82, 2.24) is 15.5 Å². The number of hydrogen-bond acceptors (Lipinski definition) is 3. The van der Waals surface area contributed by atoms with Crippen LogP contribution >= 0.6 is 0 Å². The average molecular weight is 364 g/mol. The molecule has 1 aliphatic heterocycles. The van der Waals surface area contributed by atoms with Crippen molar-refractivity contribution in [3.63, 3.8) is 0 Å². The van der Waals surface area contributed by atoms with Crippen LogP contribution < -0.4 is 10.6 Å². The zero-order valence-corrected chi connectivity index (χ0v) is 16.4. The van der Waals surface area contributed by atoms with Crippen molar-refractivity contribution in [1.29, 1.82) is 0 Å². The maximum Gasteiger partial charge on any atom is 0.325 e. The van der Waals surface area contributed by atoms with Crippen LogP contribution in [0.15, 0.2) is 0 Å². The molecule has 1 heterocycles. The summed E-state index contributed by atoms with van der Waals surface area (Å²) in [4.78, 5) is 38.7. The number of nitrogens with zero attached hydrogens (tertiary/aromatic N) is 1. The molecule has 4 amide bonds. The molecule has 0 unspecified atom stereocenters. The Morgan fingerprint density at radius 3 is 2.38 bits per heavy atom. The number of nitrogens with one attached hydrogen (secondary N) is 2. The second-order valence-electron chi connectivity index (χ2n) is 9.07. The maximum atomic E-state index is 13.0. The fourth-order valence-corrected chi connectivity index (χ4v) is 4.83. The van der Waals surface area contributed by atoms with Crippen molar-refractivity contribution in [2.75, 3.05) is 6.54 Å². The van der Waals surface area contributed by atoms with Crippen LogP contribution in [0.25, 0.3) is 0 Å². The van der Waals surface area contributed by atoms with E-state index in [1.807, 2.05) is 0 Å². The van der Waals surface area contributed by atoms with Crippen LogP contribution in [0.1, 0.15) is 78.6 Å². The van der Waals surface area contributed by atoms with Gasteiger partial charge in [-0.1, -0.05) is 40.0 Å². The molecule has 0 aromatic rings. The van der Waals surface area contributed by atoms with E-state index >= 15 is 0 Å². The lowest BCUT2D eigenvalue weighted by atomic mass is 9.65. The van der Waals surface area contributed by atoms with Gasteiger partial charge in [-0.25, -0.2) is 4.79 Å². The monoisotopic (exact) mass is 363 g/mol. The van der Waals surface area contributed by atoms with Crippen LogP contribution in [0.4, 0.5) is 4.79 Å². The highest BCUT2D eigenvalue weighted by Crippen LogP contribution is 2.45. The topological polar surface area (TPSA) is 78.5 Å². The van der Waals surface area contributed by atoms with Gasteiger partial charge in [0.1, 0.15) is 12.1 Å². The molecule has 2 N–H and O–H groups in total. The Labute approximate surface area is 156 Å². The van der Waals surface area contributed by atoms with Crippen LogP contribution in [0.3, 0.4) is 0 Å². The second-order valence-corrected chi connectivity index (χ2v) is 9.07. The number of carbonyl (C=O) groups excluding carboxylic acids is 3.